The molecule has 0 atom stereocenters. The van der Waals surface area contributed by atoms with Gasteiger partial charge in [-0.25, -0.2) is 4.79 Å². The molecule has 0 saturated heterocycles. The number of ether oxygens (including phenoxy) is 2. The van der Waals surface area contributed by atoms with E-state index in [1.807, 2.05) is 6.92 Å². The van der Waals surface area contributed by atoms with Gasteiger partial charge in [-0.1, -0.05) is 0 Å². The van der Waals surface area contributed by atoms with Crippen molar-refractivity contribution >= 4 is 28.0 Å². The predicted molar refractivity (Wildman–Crippen MR) is 74.3 cm³/mol. The van der Waals surface area contributed by atoms with Crippen LogP contribution in [0.15, 0.2) is 6.07 Å². The van der Waals surface area contributed by atoms with Crippen molar-refractivity contribution in [3.63, 3.8) is 0 Å². The lowest BCUT2D eigenvalue weighted by molar-refractivity contribution is 0.0533. The van der Waals surface area contributed by atoms with E-state index < -0.39 is 0 Å². The summed E-state index contributed by atoms with van der Waals surface area (Å²) in [6.07, 6.45) is 0.917. The van der Waals surface area contributed by atoms with Crippen LogP contribution in [0.5, 0.6) is 0 Å². The zero-order chi connectivity index (χ0) is 13.4. The minimum atomic E-state index is -0.359. The lowest BCUT2D eigenvalue weighted by Crippen LogP contribution is -2.04. The molecule has 1 rings (SSSR count). The van der Waals surface area contributed by atoms with Crippen LogP contribution in [0, 0.1) is 0 Å². The number of carbonyl (C=O) groups is 1. The van der Waals surface area contributed by atoms with Crippen LogP contribution in [0.25, 0.3) is 0 Å². The maximum absolute atomic E-state index is 11.6. The van der Waals surface area contributed by atoms with Crippen molar-refractivity contribution in [3.8, 4) is 0 Å². The summed E-state index contributed by atoms with van der Waals surface area (Å²) in [7, 11) is 0. The second kappa shape index (κ2) is 7.94. The van der Waals surface area contributed by atoms with Crippen LogP contribution in [-0.2, 0) is 9.47 Å². The fraction of sp³-hybridized carbons (Fsp3) is 0.583. The number of thiophene rings is 1. The van der Waals surface area contributed by atoms with Gasteiger partial charge in [0.05, 0.1) is 17.3 Å². The van der Waals surface area contributed by atoms with E-state index in [1.54, 1.807) is 13.0 Å². The number of nitrogens with two attached hydrogens (primary N) is 1. The third-order valence-corrected chi connectivity index (χ3v) is 3.28. The summed E-state index contributed by atoms with van der Waals surface area (Å²) >= 11 is 1.32. The summed E-state index contributed by atoms with van der Waals surface area (Å²) in [5.74, 6) is -0.359. The molecule has 0 bridgehead atoms. The third-order valence-electron chi connectivity index (χ3n) is 2.19. The van der Waals surface area contributed by atoms with Gasteiger partial charge in [0.25, 0.3) is 0 Å². The second-order valence-corrected chi connectivity index (χ2v) is 4.65. The second-order valence-electron chi connectivity index (χ2n) is 3.59. The van der Waals surface area contributed by atoms with E-state index >= 15 is 0 Å². The fourth-order valence-corrected chi connectivity index (χ4v) is 2.28. The molecular formula is C12H20N2O3S. The molecule has 0 aromatic carbocycles. The smallest absolute Gasteiger partial charge is 0.350 e. The van der Waals surface area contributed by atoms with Gasteiger partial charge in [0.15, 0.2) is 0 Å². The Labute approximate surface area is 111 Å². The Hall–Kier alpha value is -1.27. The van der Waals surface area contributed by atoms with Crippen molar-refractivity contribution in [2.24, 2.45) is 0 Å². The van der Waals surface area contributed by atoms with Crippen molar-refractivity contribution in [1.82, 2.24) is 0 Å². The van der Waals surface area contributed by atoms with Crippen LogP contribution in [0.2, 0.25) is 0 Å². The van der Waals surface area contributed by atoms with E-state index in [2.05, 4.69) is 5.32 Å². The standard InChI is InChI=1S/C12H20N2O3S/c1-3-16-7-5-6-14-10-8-9(13)11(18-10)12(15)17-4-2/h8,14H,3-7,13H2,1-2H3. The lowest BCUT2D eigenvalue weighted by atomic mass is 10.4. The molecule has 0 aliphatic rings. The minimum absolute atomic E-state index is 0.354. The summed E-state index contributed by atoms with van der Waals surface area (Å²) in [6.45, 7) is 6.36. The number of esters is 1. The molecule has 6 heteroatoms. The van der Waals surface area contributed by atoms with Crippen LogP contribution in [0.1, 0.15) is 29.9 Å². The maximum Gasteiger partial charge on any atom is 0.350 e. The summed E-state index contributed by atoms with van der Waals surface area (Å²) in [5, 5.41) is 4.09. The Morgan fingerprint density at radius 1 is 1.44 bits per heavy atom. The Bertz CT molecular complexity index is 379. The van der Waals surface area contributed by atoms with Crippen LogP contribution in [-0.4, -0.2) is 32.3 Å². The molecule has 102 valence electrons. The molecule has 5 nitrogen and oxygen atoms in total. The largest absolute Gasteiger partial charge is 0.462 e. The molecule has 0 unspecified atom stereocenters. The average molecular weight is 272 g/mol. The Morgan fingerprint density at radius 3 is 2.89 bits per heavy atom. The molecule has 0 saturated carbocycles. The first-order chi connectivity index (χ1) is 8.69. The predicted octanol–water partition coefficient (Wildman–Crippen LogP) is 2.35. The van der Waals surface area contributed by atoms with Gasteiger partial charge in [-0.05, 0) is 26.3 Å². The van der Waals surface area contributed by atoms with Crippen molar-refractivity contribution < 1.29 is 14.3 Å². The summed E-state index contributed by atoms with van der Waals surface area (Å²) in [6, 6.07) is 1.76. The Kier molecular flexibility index (Phi) is 6.53. The molecule has 0 radical (unpaired) electrons. The number of hydrogen-bond donors (Lipinski definition) is 2. The van der Waals surface area contributed by atoms with Gasteiger partial charge in [-0.15, -0.1) is 11.3 Å². The minimum Gasteiger partial charge on any atom is -0.462 e. The number of nitrogen functional groups attached to an aromatic ring is 1. The van der Waals surface area contributed by atoms with Crippen LogP contribution in [0.4, 0.5) is 10.7 Å². The zero-order valence-corrected chi connectivity index (χ0v) is 11.6. The normalized spacial score (nSPS) is 10.3. The molecule has 1 aromatic rings. The van der Waals surface area contributed by atoms with E-state index in [0.717, 1.165) is 31.2 Å². The topological polar surface area (TPSA) is 73.6 Å². The highest BCUT2D eigenvalue weighted by Crippen LogP contribution is 2.29. The van der Waals surface area contributed by atoms with Crippen LogP contribution >= 0.6 is 11.3 Å². The quantitative estimate of drug-likeness (QED) is 0.561. The molecule has 0 spiro atoms. The monoisotopic (exact) mass is 272 g/mol. The average Bonchev–Trinajstić information content (AvgIpc) is 2.71. The molecular weight excluding hydrogens is 252 g/mol. The fourth-order valence-electron chi connectivity index (χ4n) is 1.38. The molecule has 1 heterocycles. The Balaban J connectivity index is 2.43. The summed E-state index contributed by atoms with van der Waals surface area (Å²) < 4.78 is 10.2. The van der Waals surface area contributed by atoms with Gasteiger partial charge in [0.2, 0.25) is 0 Å². The SMILES string of the molecule is CCOCCCNc1cc(N)c(C(=O)OCC)s1. The molecule has 0 aliphatic carbocycles. The van der Waals surface area contributed by atoms with Crippen LogP contribution in [0.3, 0.4) is 0 Å². The van der Waals surface area contributed by atoms with Crippen molar-refractivity contribution in [2.75, 3.05) is 37.4 Å². The van der Waals surface area contributed by atoms with Gasteiger partial charge < -0.3 is 20.5 Å². The Morgan fingerprint density at radius 2 is 2.22 bits per heavy atom. The van der Waals surface area contributed by atoms with Gasteiger partial charge in [0, 0.05) is 19.8 Å². The first-order valence-corrected chi connectivity index (χ1v) is 6.88. The zero-order valence-electron chi connectivity index (χ0n) is 10.8. The molecule has 0 aliphatic heterocycles. The number of carbonyl (C=O) groups excluding carboxylic acids is 1. The van der Waals surface area contributed by atoms with E-state index in [-0.39, 0.29) is 5.97 Å². The molecule has 3 N–H and O–H groups in total. The maximum atomic E-state index is 11.6. The van der Waals surface area contributed by atoms with E-state index in [4.69, 9.17) is 15.2 Å². The molecule has 0 fully saturated rings. The van der Waals surface area contributed by atoms with E-state index in [0.29, 0.717) is 17.2 Å². The first-order valence-electron chi connectivity index (χ1n) is 6.07. The summed E-state index contributed by atoms with van der Waals surface area (Å²) in [5.41, 5.74) is 6.23. The van der Waals surface area contributed by atoms with Gasteiger partial charge in [-0.3, -0.25) is 0 Å². The van der Waals surface area contributed by atoms with Gasteiger partial charge in [-0.2, -0.15) is 0 Å². The third kappa shape index (κ3) is 4.54. The van der Waals surface area contributed by atoms with E-state index in [1.165, 1.54) is 11.3 Å². The highest BCUT2D eigenvalue weighted by molar-refractivity contribution is 7.18. The molecule has 0 amide bonds. The van der Waals surface area contributed by atoms with Crippen molar-refractivity contribution in [3.05, 3.63) is 10.9 Å². The summed E-state index contributed by atoms with van der Waals surface area (Å²) in [4.78, 5) is 12.0. The number of rotatable bonds is 8. The highest BCUT2D eigenvalue weighted by atomic mass is 32.1. The number of nitrogens with one attached hydrogen (secondary N) is 1. The van der Waals surface area contributed by atoms with E-state index in [9.17, 15) is 4.79 Å². The first kappa shape index (κ1) is 14.8. The van der Waals surface area contributed by atoms with Crippen molar-refractivity contribution in [2.45, 2.75) is 20.3 Å². The number of hydrogen-bond acceptors (Lipinski definition) is 6. The molecule has 18 heavy (non-hydrogen) atoms. The lowest BCUT2D eigenvalue weighted by Gasteiger charge is -2.03. The van der Waals surface area contributed by atoms with Gasteiger partial charge >= 0.3 is 5.97 Å². The number of anilines is 2. The van der Waals surface area contributed by atoms with Crippen LogP contribution < -0.4 is 11.1 Å². The molecule has 1 aromatic heterocycles. The van der Waals surface area contributed by atoms with Gasteiger partial charge in [0.1, 0.15) is 4.88 Å². The van der Waals surface area contributed by atoms with Crippen molar-refractivity contribution in [1.29, 1.82) is 0 Å². The highest BCUT2D eigenvalue weighted by Gasteiger charge is 2.15.